The van der Waals surface area contributed by atoms with Crippen LogP contribution in [0.5, 0.6) is 0 Å². The Morgan fingerprint density at radius 2 is 2.28 bits per heavy atom. The molecule has 0 amide bonds. The minimum atomic E-state index is 0.364. The molecule has 3 nitrogen and oxygen atoms in total. The van der Waals surface area contributed by atoms with Gasteiger partial charge < -0.3 is 10.3 Å². The fourth-order valence-corrected chi connectivity index (χ4v) is 4.84. The first-order chi connectivity index (χ1) is 8.72. The largest absolute Gasteiger partial charge is 0.344 e. The number of aromatic nitrogens is 2. The number of aromatic amines is 1. The van der Waals surface area contributed by atoms with E-state index in [0.717, 1.165) is 18.8 Å². The van der Waals surface area contributed by atoms with E-state index in [1.807, 2.05) is 18.0 Å². The van der Waals surface area contributed by atoms with E-state index in [1.54, 1.807) is 0 Å². The van der Waals surface area contributed by atoms with E-state index < -0.39 is 0 Å². The molecule has 2 N–H and O–H groups in total. The van der Waals surface area contributed by atoms with Gasteiger partial charge in [0.15, 0.2) is 0 Å². The molecule has 1 aromatic heterocycles. The lowest BCUT2D eigenvalue weighted by molar-refractivity contribution is 0.559. The van der Waals surface area contributed by atoms with Crippen LogP contribution in [0.15, 0.2) is 6.20 Å². The Morgan fingerprint density at radius 1 is 1.50 bits per heavy atom. The monoisotopic (exact) mass is 285 g/mol. The number of rotatable bonds is 5. The lowest BCUT2D eigenvalue weighted by atomic mass is 10.2. The first-order valence-corrected chi connectivity index (χ1v) is 8.83. The van der Waals surface area contributed by atoms with Gasteiger partial charge in [-0.2, -0.15) is 11.8 Å². The Kier molecular flexibility index (Phi) is 5.45. The van der Waals surface area contributed by atoms with Crippen molar-refractivity contribution in [3.8, 4) is 0 Å². The summed E-state index contributed by atoms with van der Waals surface area (Å²) < 4.78 is 0. The highest BCUT2D eigenvalue weighted by Crippen LogP contribution is 2.41. The van der Waals surface area contributed by atoms with Crippen molar-refractivity contribution in [3.05, 3.63) is 17.7 Å². The van der Waals surface area contributed by atoms with Crippen molar-refractivity contribution in [2.24, 2.45) is 0 Å². The quantitative estimate of drug-likeness (QED) is 0.870. The van der Waals surface area contributed by atoms with Crippen LogP contribution in [-0.2, 0) is 0 Å². The maximum Gasteiger partial charge on any atom is 0.120 e. The molecular formula is C13H23N3S2. The number of nitrogens with one attached hydrogen (secondary N) is 2. The highest BCUT2D eigenvalue weighted by molar-refractivity contribution is 8.06. The van der Waals surface area contributed by atoms with Gasteiger partial charge in [0.25, 0.3) is 0 Å². The molecule has 1 fully saturated rings. The lowest BCUT2D eigenvalue weighted by Crippen LogP contribution is -2.20. The molecule has 5 heteroatoms. The molecule has 1 aromatic rings. The Balaban J connectivity index is 2.00. The zero-order valence-electron chi connectivity index (χ0n) is 11.4. The highest BCUT2D eigenvalue weighted by Gasteiger charge is 2.26. The van der Waals surface area contributed by atoms with Crippen molar-refractivity contribution in [3.63, 3.8) is 0 Å². The smallest absolute Gasteiger partial charge is 0.120 e. The van der Waals surface area contributed by atoms with Gasteiger partial charge in [-0.1, -0.05) is 13.8 Å². The van der Waals surface area contributed by atoms with Gasteiger partial charge >= 0.3 is 0 Å². The molecule has 102 valence electrons. The van der Waals surface area contributed by atoms with Gasteiger partial charge in [-0.25, -0.2) is 4.98 Å². The van der Waals surface area contributed by atoms with Crippen molar-refractivity contribution < 1.29 is 0 Å². The predicted octanol–water partition coefficient (Wildman–Crippen LogP) is 3.38. The van der Waals surface area contributed by atoms with E-state index in [2.05, 4.69) is 47.8 Å². The molecule has 18 heavy (non-hydrogen) atoms. The van der Waals surface area contributed by atoms with E-state index in [0.29, 0.717) is 16.5 Å². The summed E-state index contributed by atoms with van der Waals surface area (Å²) in [7, 11) is 0. The maximum absolute atomic E-state index is 4.59. The molecule has 1 aliphatic rings. The zero-order valence-corrected chi connectivity index (χ0v) is 13.0. The molecule has 3 unspecified atom stereocenters. The SMILES string of the molecule is CCCNC(C)c1cnc(C2SCCSC2C)[nH]1. The minimum absolute atomic E-state index is 0.364. The normalized spacial score (nSPS) is 26.2. The third-order valence-electron chi connectivity index (χ3n) is 3.24. The summed E-state index contributed by atoms with van der Waals surface area (Å²) in [6, 6.07) is 0.364. The second kappa shape index (κ2) is 6.87. The molecule has 0 saturated carbocycles. The zero-order chi connectivity index (χ0) is 13.0. The van der Waals surface area contributed by atoms with Crippen molar-refractivity contribution >= 4 is 23.5 Å². The van der Waals surface area contributed by atoms with Crippen LogP contribution >= 0.6 is 23.5 Å². The van der Waals surface area contributed by atoms with E-state index in [4.69, 9.17) is 0 Å². The fourth-order valence-electron chi connectivity index (χ4n) is 2.12. The second-order valence-electron chi connectivity index (χ2n) is 4.77. The molecule has 2 rings (SSSR count). The predicted molar refractivity (Wildman–Crippen MR) is 82.4 cm³/mol. The van der Waals surface area contributed by atoms with Gasteiger partial charge in [-0.15, -0.1) is 11.8 Å². The molecule has 0 radical (unpaired) electrons. The third-order valence-corrected chi connectivity index (χ3v) is 6.34. The van der Waals surface area contributed by atoms with Crippen LogP contribution in [0.2, 0.25) is 0 Å². The number of imidazole rings is 1. The average Bonchev–Trinajstić information content (AvgIpc) is 2.86. The molecule has 0 aromatic carbocycles. The van der Waals surface area contributed by atoms with Crippen molar-refractivity contribution in [1.82, 2.24) is 15.3 Å². The van der Waals surface area contributed by atoms with Crippen LogP contribution in [0, 0.1) is 0 Å². The molecule has 1 saturated heterocycles. The molecule has 0 bridgehead atoms. The third kappa shape index (κ3) is 3.45. The summed E-state index contributed by atoms with van der Waals surface area (Å²) in [5, 5.41) is 4.67. The standard InChI is InChI=1S/C13H23N3S2/c1-4-5-14-9(2)11-8-15-13(16-11)12-10(3)17-6-7-18-12/h8-10,12,14H,4-7H2,1-3H3,(H,15,16). The van der Waals surface area contributed by atoms with Crippen molar-refractivity contribution in [2.45, 2.75) is 43.7 Å². The van der Waals surface area contributed by atoms with E-state index in [1.165, 1.54) is 17.2 Å². The summed E-state index contributed by atoms with van der Waals surface area (Å²) in [5.74, 6) is 3.66. The highest BCUT2D eigenvalue weighted by atomic mass is 32.2. The molecule has 0 spiro atoms. The van der Waals surface area contributed by atoms with Gasteiger partial charge in [0.2, 0.25) is 0 Å². The van der Waals surface area contributed by atoms with Crippen LogP contribution in [0.1, 0.15) is 50.0 Å². The van der Waals surface area contributed by atoms with Gasteiger partial charge in [-0.3, -0.25) is 0 Å². The average molecular weight is 285 g/mol. The Labute approximate surface area is 118 Å². The molecular weight excluding hydrogens is 262 g/mol. The maximum atomic E-state index is 4.59. The number of nitrogens with zero attached hydrogens (tertiary/aromatic N) is 1. The van der Waals surface area contributed by atoms with Crippen LogP contribution in [0.25, 0.3) is 0 Å². The summed E-state index contributed by atoms with van der Waals surface area (Å²) in [6.45, 7) is 7.75. The van der Waals surface area contributed by atoms with Crippen LogP contribution in [0.3, 0.4) is 0 Å². The Morgan fingerprint density at radius 3 is 3.00 bits per heavy atom. The van der Waals surface area contributed by atoms with E-state index in [-0.39, 0.29) is 0 Å². The summed E-state index contributed by atoms with van der Waals surface area (Å²) in [4.78, 5) is 8.10. The second-order valence-corrected chi connectivity index (χ2v) is 7.50. The first kappa shape index (κ1) is 14.3. The van der Waals surface area contributed by atoms with Crippen LogP contribution in [-0.4, -0.2) is 33.3 Å². The number of thioether (sulfide) groups is 2. The minimum Gasteiger partial charge on any atom is -0.344 e. The van der Waals surface area contributed by atoms with Gasteiger partial charge in [-0.05, 0) is 19.9 Å². The van der Waals surface area contributed by atoms with Crippen LogP contribution in [0.4, 0.5) is 0 Å². The van der Waals surface area contributed by atoms with Crippen LogP contribution < -0.4 is 5.32 Å². The molecule has 0 aliphatic carbocycles. The topological polar surface area (TPSA) is 40.7 Å². The number of H-pyrrole nitrogens is 1. The first-order valence-electron chi connectivity index (χ1n) is 6.73. The van der Waals surface area contributed by atoms with Gasteiger partial charge in [0.05, 0.1) is 10.9 Å². The van der Waals surface area contributed by atoms with Gasteiger partial charge in [0.1, 0.15) is 5.82 Å². The van der Waals surface area contributed by atoms with E-state index in [9.17, 15) is 0 Å². The van der Waals surface area contributed by atoms with Crippen molar-refractivity contribution in [1.29, 1.82) is 0 Å². The number of hydrogen-bond donors (Lipinski definition) is 2. The summed E-state index contributed by atoms with van der Waals surface area (Å²) in [5.41, 5.74) is 1.21. The Hall–Kier alpha value is -0.130. The molecule has 2 heterocycles. The summed E-state index contributed by atoms with van der Waals surface area (Å²) >= 11 is 4.09. The summed E-state index contributed by atoms with van der Waals surface area (Å²) in [6.07, 6.45) is 3.16. The Bertz CT molecular complexity index is 367. The van der Waals surface area contributed by atoms with Crippen molar-refractivity contribution in [2.75, 3.05) is 18.1 Å². The van der Waals surface area contributed by atoms with Gasteiger partial charge in [0, 0.05) is 29.0 Å². The molecule has 1 aliphatic heterocycles. The molecule has 3 atom stereocenters. The lowest BCUT2D eigenvalue weighted by Gasteiger charge is -2.26. The van der Waals surface area contributed by atoms with E-state index >= 15 is 0 Å². The number of hydrogen-bond acceptors (Lipinski definition) is 4. The fraction of sp³-hybridized carbons (Fsp3) is 0.769.